The highest BCUT2D eigenvalue weighted by Crippen LogP contribution is 2.21. The first-order chi connectivity index (χ1) is 14.4. The Morgan fingerprint density at radius 2 is 1.93 bits per heavy atom. The molecule has 3 aromatic rings. The molecule has 160 valence electrons. The third-order valence-electron chi connectivity index (χ3n) is 4.97. The van der Waals surface area contributed by atoms with E-state index in [0.717, 1.165) is 42.1 Å². The molecule has 0 amide bonds. The van der Waals surface area contributed by atoms with E-state index in [4.69, 9.17) is 11.6 Å². The number of aromatic nitrogens is 2. The zero-order chi connectivity index (χ0) is 22.1. The summed E-state index contributed by atoms with van der Waals surface area (Å²) in [7, 11) is 1.93. The molecule has 1 N–H and O–H groups in total. The lowest BCUT2D eigenvalue weighted by Crippen LogP contribution is -2.23. The van der Waals surface area contributed by atoms with Crippen molar-refractivity contribution in [3.8, 4) is 0 Å². The van der Waals surface area contributed by atoms with Crippen molar-refractivity contribution < 1.29 is 0 Å². The minimum atomic E-state index is 0.525. The molecule has 30 heavy (non-hydrogen) atoms. The quantitative estimate of drug-likeness (QED) is 0.439. The average molecular weight is 425 g/mol. The van der Waals surface area contributed by atoms with Gasteiger partial charge in [0, 0.05) is 42.1 Å². The molecule has 0 bridgehead atoms. The van der Waals surface area contributed by atoms with Crippen LogP contribution in [0.15, 0.2) is 43.1 Å². The molecule has 0 unspecified atom stereocenters. The van der Waals surface area contributed by atoms with E-state index >= 15 is 0 Å². The summed E-state index contributed by atoms with van der Waals surface area (Å²) in [6.45, 7) is 15.3. The number of halogens is 1. The molecule has 3 rings (SSSR count). The molecule has 5 heteroatoms. The van der Waals surface area contributed by atoms with Gasteiger partial charge in [-0.15, -0.1) is 0 Å². The molecule has 0 fully saturated rings. The molecule has 0 radical (unpaired) electrons. The van der Waals surface area contributed by atoms with Crippen LogP contribution in [0.25, 0.3) is 17.0 Å². The van der Waals surface area contributed by atoms with E-state index in [0.29, 0.717) is 5.15 Å². The monoisotopic (exact) mass is 424 g/mol. The van der Waals surface area contributed by atoms with Gasteiger partial charge in [-0.3, -0.25) is 9.88 Å². The third kappa shape index (κ3) is 6.54. The summed E-state index contributed by atoms with van der Waals surface area (Å²) in [6.07, 6.45) is 4.76. The summed E-state index contributed by atoms with van der Waals surface area (Å²) in [5.74, 6) is 0. The zero-order valence-corrected chi connectivity index (χ0v) is 19.6. The third-order valence-corrected chi connectivity index (χ3v) is 5.28. The van der Waals surface area contributed by atoms with E-state index in [1.165, 1.54) is 22.9 Å². The first-order valence-corrected chi connectivity index (χ1v) is 10.8. The first kappa shape index (κ1) is 23.8. The Hall–Kier alpha value is -2.43. The second-order valence-corrected chi connectivity index (χ2v) is 7.72. The van der Waals surface area contributed by atoms with Crippen molar-refractivity contribution in [2.75, 3.05) is 25.5 Å². The van der Waals surface area contributed by atoms with Crippen molar-refractivity contribution in [3.63, 3.8) is 0 Å². The molecule has 0 saturated carbocycles. The number of fused-ring (bicyclic) bond motifs is 1. The summed E-state index contributed by atoms with van der Waals surface area (Å²) < 4.78 is 0. The van der Waals surface area contributed by atoms with Crippen LogP contribution in [0.4, 0.5) is 5.69 Å². The van der Waals surface area contributed by atoms with Gasteiger partial charge in [0.25, 0.3) is 0 Å². The number of hydrogen-bond donors (Lipinski definition) is 1. The van der Waals surface area contributed by atoms with Crippen molar-refractivity contribution in [2.24, 2.45) is 0 Å². The Labute approximate surface area is 186 Å². The van der Waals surface area contributed by atoms with Crippen LogP contribution < -0.4 is 5.32 Å². The minimum Gasteiger partial charge on any atom is -0.388 e. The van der Waals surface area contributed by atoms with Gasteiger partial charge in [-0.1, -0.05) is 38.1 Å². The van der Waals surface area contributed by atoms with Gasteiger partial charge in [-0.05, 0) is 74.8 Å². The second-order valence-electron chi connectivity index (χ2n) is 7.36. The van der Waals surface area contributed by atoms with Gasteiger partial charge in [0.05, 0.1) is 5.52 Å². The number of anilines is 1. The highest BCUT2D eigenvalue weighted by atomic mass is 35.5. The SMILES string of the molecule is C=Cc1cc(CN(CC)CCC)cnc1Cl.CNc1ccc2nc(C)cc(C)c2c1. The number of nitrogens with one attached hydrogen (secondary N) is 1. The minimum absolute atomic E-state index is 0.525. The number of hydrogen-bond acceptors (Lipinski definition) is 4. The molecule has 0 spiro atoms. The maximum atomic E-state index is 5.93. The largest absolute Gasteiger partial charge is 0.388 e. The van der Waals surface area contributed by atoms with Crippen LogP contribution in [-0.4, -0.2) is 35.0 Å². The Bertz CT molecular complexity index is 984. The fourth-order valence-electron chi connectivity index (χ4n) is 3.38. The molecule has 2 aromatic heterocycles. The Balaban J connectivity index is 0.000000215. The van der Waals surface area contributed by atoms with Crippen molar-refractivity contribution >= 4 is 34.3 Å². The van der Waals surface area contributed by atoms with E-state index in [9.17, 15) is 0 Å². The van der Waals surface area contributed by atoms with Gasteiger partial charge in [-0.2, -0.15) is 0 Å². The summed E-state index contributed by atoms with van der Waals surface area (Å²) in [4.78, 5) is 11.0. The van der Waals surface area contributed by atoms with E-state index in [1.54, 1.807) is 6.08 Å². The Morgan fingerprint density at radius 1 is 1.17 bits per heavy atom. The molecule has 4 nitrogen and oxygen atoms in total. The van der Waals surface area contributed by atoms with Gasteiger partial charge >= 0.3 is 0 Å². The van der Waals surface area contributed by atoms with Crippen LogP contribution in [0.1, 0.15) is 42.7 Å². The number of aryl methyl sites for hydroxylation is 2. The molecule has 0 aliphatic rings. The molecular weight excluding hydrogens is 392 g/mol. The van der Waals surface area contributed by atoms with Crippen LogP contribution in [0, 0.1) is 13.8 Å². The molecular formula is C25H33ClN4. The molecule has 0 atom stereocenters. The predicted molar refractivity (Wildman–Crippen MR) is 131 cm³/mol. The Morgan fingerprint density at radius 3 is 2.57 bits per heavy atom. The first-order valence-electron chi connectivity index (χ1n) is 10.5. The molecule has 2 heterocycles. The van der Waals surface area contributed by atoms with Gasteiger partial charge in [-0.25, -0.2) is 4.98 Å². The van der Waals surface area contributed by atoms with Crippen LogP contribution in [0.2, 0.25) is 5.15 Å². The normalized spacial score (nSPS) is 10.6. The highest BCUT2D eigenvalue weighted by Gasteiger charge is 2.05. The number of benzene rings is 1. The summed E-state index contributed by atoms with van der Waals surface area (Å²) in [6, 6.07) is 10.4. The lowest BCUT2D eigenvalue weighted by atomic mass is 10.1. The van der Waals surface area contributed by atoms with Gasteiger partial charge < -0.3 is 5.32 Å². The topological polar surface area (TPSA) is 41.1 Å². The van der Waals surface area contributed by atoms with Crippen molar-refractivity contribution in [1.82, 2.24) is 14.9 Å². The number of rotatable bonds is 7. The van der Waals surface area contributed by atoms with E-state index < -0.39 is 0 Å². The standard InChI is InChI=1S/C13H19ClN2.C12H14N2/c1-4-7-16(6-3)10-11-8-12(5-2)13(14)15-9-11;1-8-6-9(2)14-12-5-4-10(13-3)7-11(8)12/h5,8-9H,2,4,6-7,10H2,1,3H3;4-7,13H,1-3H3. The number of nitrogens with zero attached hydrogens (tertiary/aromatic N) is 3. The Kier molecular flexibility index (Phi) is 9.28. The molecule has 0 aliphatic carbocycles. The van der Waals surface area contributed by atoms with Crippen LogP contribution in [-0.2, 0) is 6.54 Å². The van der Waals surface area contributed by atoms with Gasteiger partial charge in [0.15, 0.2) is 0 Å². The van der Waals surface area contributed by atoms with Gasteiger partial charge in [0.2, 0.25) is 0 Å². The summed E-state index contributed by atoms with van der Waals surface area (Å²) in [5, 5.41) is 4.88. The fourth-order valence-corrected chi connectivity index (χ4v) is 3.56. The maximum Gasteiger partial charge on any atom is 0.136 e. The fraction of sp³-hybridized carbons (Fsp3) is 0.360. The van der Waals surface area contributed by atoms with Crippen LogP contribution >= 0.6 is 11.6 Å². The lowest BCUT2D eigenvalue weighted by Gasteiger charge is -2.19. The highest BCUT2D eigenvalue weighted by molar-refractivity contribution is 6.30. The van der Waals surface area contributed by atoms with E-state index in [-0.39, 0.29) is 0 Å². The van der Waals surface area contributed by atoms with Crippen molar-refractivity contribution in [1.29, 1.82) is 0 Å². The van der Waals surface area contributed by atoms with Crippen molar-refractivity contribution in [3.05, 3.63) is 70.6 Å². The molecule has 1 aromatic carbocycles. The number of pyridine rings is 2. The second kappa shape index (κ2) is 11.7. The van der Waals surface area contributed by atoms with E-state index in [2.05, 4.69) is 71.8 Å². The zero-order valence-electron chi connectivity index (χ0n) is 18.8. The van der Waals surface area contributed by atoms with Gasteiger partial charge in [0.1, 0.15) is 5.15 Å². The lowest BCUT2D eigenvalue weighted by molar-refractivity contribution is 0.280. The predicted octanol–water partition coefficient (Wildman–Crippen LogP) is 6.50. The summed E-state index contributed by atoms with van der Waals surface area (Å²) in [5.41, 5.74) is 6.66. The average Bonchev–Trinajstić information content (AvgIpc) is 2.74. The molecule has 0 aliphatic heterocycles. The van der Waals surface area contributed by atoms with Crippen molar-refractivity contribution in [2.45, 2.75) is 40.7 Å². The van der Waals surface area contributed by atoms with E-state index in [1.807, 2.05) is 26.2 Å². The van der Waals surface area contributed by atoms with Crippen LogP contribution in [0.3, 0.4) is 0 Å². The smallest absolute Gasteiger partial charge is 0.136 e. The van der Waals surface area contributed by atoms with Crippen LogP contribution in [0.5, 0.6) is 0 Å². The maximum absolute atomic E-state index is 5.93. The molecule has 0 saturated heterocycles. The summed E-state index contributed by atoms with van der Waals surface area (Å²) >= 11 is 5.93.